The summed E-state index contributed by atoms with van der Waals surface area (Å²) in [6.45, 7) is 5.62. The molecule has 3 heteroatoms. The summed E-state index contributed by atoms with van der Waals surface area (Å²) in [5.41, 5.74) is 1.13. The van der Waals surface area contributed by atoms with Gasteiger partial charge in [-0.1, -0.05) is 22.7 Å². The van der Waals surface area contributed by atoms with Crippen LogP contribution in [0.4, 0.5) is 0 Å². The Morgan fingerprint density at radius 1 is 1.00 bits per heavy atom. The third-order valence-corrected chi connectivity index (χ3v) is 5.23. The van der Waals surface area contributed by atoms with Gasteiger partial charge in [-0.3, -0.25) is 0 Å². The first-order chi connectivity index (χ1) is 9.10. The largest absolute Gasteiger partial charge is 0.497 e. The Kier molecular flexibility index (Phi) is 3.79. The molecular weight excluding hydrogens is 256 g/mol. The fourth-order valence-electron chi connectivity index (χ4n) is 1.80. The number of benzene rings is 2. The highest BCUT2D eigenvalue weighted by atomic mass is 32.2. The Balaban J connectivity index is 2.57. The van der Waals surface area contributed by atoms with Crippen LogP contribution in [0.2, 0.25) is 0 Å². The zero-order chi connectivity index (χ0) is 13.9. The lowest BCUT2D eigenvalue weighted by Crippen LogP contribution is -2.02. The van der Waals surface area contributed by atoms with E-state index in [0.29, 0.717) is 4.90 Å². The summed E-state index contributed by atoms with van der Waals surface area (Å²) in [6.07, 6.45) is 0. The SMILES string of the molecule is C=C=S(=O)(c1ccc(C)cc1)c1ccc(OC)cc1. The highest BCUT2D eigenvalue weighted by molar-refractivity contribution is 8.01. The lowest BCUT2D eigenvalue weighted by molar-refractivity contribution is 0.414. The van der Waals surface area contributed by atoms with E-state index in [9.17, 15) is 4.21 Å². The molecule has 0 aliphatic carbocycles. The molecule has 0 aliphatic heterocycles. The average Bonchev–Trinajstić information content (AvgIpc) is 2.47. The van der Waals surface area contributed by atoms with Gasteiger partial charge in [0.1, 0.15) is 5.75 Å². The van der Waals surface area contributed by atoms with E-state index in [0.717, 1.165) is 16.2 Å². The smallest absolute Gasteiger partial charge is 0.118 e. The lowest BCUT2D eigenvalue weighted by atomic mass is 10.2. The Morgan fingerprint density at radius 3 is 1.89 bits per heavy atom. The predicted octanol–water partition coefficient (Wildman–Crippen LogP) is 3.29. The highest BCUT2D eigenvalue weighted by Gasteiger charge is 2.12. The van der Waals surface area contributed by atoms with E-state index in [1.165, 1.54) is 0 Å². The van der Waals surface area contributed by atoms with Crippen LogP contribution in [-0.2, 0) is 9.52 Å². The number of aryl methyl sites for hydroxylation is 1. The molecule has 0 aromatic heterocycles. The van der Waals surface area contributed by atoms with Gasteiger partial charge in [0.25, 0.3) is 0 Å². The van der Waals surface area contributed by atoms with Crippen LogP contribution in [0.3, 0.4) is 0 Å². The van der Waals surface area contributed by atoms with Gasteiger partial charge in [0.15, 0.2) is 0 Å². The maximum atomic E-state index is 13.1. The second-order valence-corrected chi connectivity index (χ2v) is 6.53. The molecule has 2 nitrogen and oxygen atoms in total. The van der Waals surface area contributed by atoms with E-state index in [4.69, 9.17) is 4.74 Å². The summed E-state index contributed by atoms with van der Waals surface area (Å²) in [6, 6.07) is 14.8. The lowest BCUT2D eigenvalue weighted by Gasteiger charge is -2.10. The molecule has 98 valence electrons. The van der Waals surface area contributed by atoms with Crippen LogP contribution >= 0.6 is 0 Å². The number of methoxy groups -OCH3 is 1. The molecule has 0 N–H and O–H groups in total. The normalized spacial score (nSPS) is 13.4. The molecule has 2 aromatic rings. The third kappa shape index (κ3) is 2.58. The van der Waals surface area contributed by atoms with Gasteiger partial charge < -0.3 is 4.74 Å². The minimum absolute atomic E-state index is 0.687. The van der Waals surface area contributed by atoms with Crippen LogP contribution in [0.25, 0.3) is 0 Å². The van der Waals surface area contributed by atoms with E-state index in [1.807, 2.05) is 31.2 Å². The third-order valence-electron chi connectivity index (χ3n) is 2.95. The first-order valence-corrected chi connectivity index (χ1v) is 7.45. The molecule has 0 aliphatic rings. The van der Waals surface area contributed by atoms with Crippen LogP contribution in [0.1, 0.15) is 5.56 Å². The molecule has 0 saturated carbocycles. The van der Waals surface area contributed by atoms with Crippen molar-refractivity contribution in [3.63, 3.8) is 0 Å². The minimum Gasteiger partial charge on any atom is -0.497 e. The van der Waals surface area contributed by atoms with Gasteiger partial charge in [-0.25, -0.2) is 4.21 Å². The van der Waals surface area contributed by atoms with Crippen molar-refractivity contribution in [2.75, 3.05) is 7.11 Å². The molecule has 1 atom stereocenters. The second kappa shape index (κ2) is 5.35. The van der Waals surface area contributed by atoms with Crippen LogP contribution < -0.4 is 4.74 Å². The van der Waals surface area contributed by atoms with Crippen molar-refractivity contribution in [3.8, 4) is 5.75 Å². The topological polar surface area (TPSA) is 26.3 Å². The average molecular weight is 272 g/mol. The van der Waals surface area contributed by atoms with Gasteiger partial charge in [-0.05, 0) is 49.9 Å². The Morgan fingerprint density at radius 2 is 1.47 bits per heavy atom. The van der Waals surface area contributed by atoms with Crippen molar-refractivity contribution < 1.29 is 8.95 Å². The second-order valence-electron chi connectivity index (χ2n) is 4.19. The van der Waals surface area contributed by atoms with Gasteiger partial charge >= 0.3 is 0 Å². The van der Waals surface area contributed by atoms with E-state index in [-0.39, 0.29) is 0 Å². The first kappa shape index (κ1) is 13.5. The van der Waals surface area contributed by atoms with Gasteiger partial charge in [0.05, 0.1) is 16.6 Å². The summed E-state index contributed by atoms with van der Waals surface area (Å²) < 4.78 is 18.2. The van der Waals surface area contributed by atoms with Crippen LogP contribution in [0.5, 0.6) is 5.75 Å². The van der Waals surface area contributed by atoms with Crippen molar-refractivity contribution >= 4 is 14.5 Å². The summed E-state index contributed by atoms with van der Waals surface area (Å²) in [5.74, 6) is 0.735. The van der Waals surface area contributed by atoms with E-state index < -0.39 is 9.52 Å². The predicted molar refractivity (Wildman–Crippen MR) is 79.5 cm³/mol. The number of ether oxygens (including phenoxy) is 1. The maximum absolute atomic E-state index is 13.1. The number of hydrogen-bond acceptors (Lipinski definition) is 2. The zero-order valence-electron chi connectivity index (χ0n) is 11.1. The van der Waals surface area contributed by atoms with Crippen molar-refractivity contribution in [2.45, 2.75) is 16.7 Å². The minimum atomic E-state index is -2.54. The Bertz CT molecular complexity index is 699. The molecule has 2 aromatic carbocycles. The summed E-state index contributed by atoms with van der Waals surface area (Å²) in [5, 5.41) is 2.70. The first-order valence-electron chi connectivity index (χ1n) is 5.89. The van der Waals surface area contributed by atoms with Crippen LogP contribution in [0.15, 0.2) is 64.9 Å². The van der Waals surface area contributed by atoms with E-state index in [1.54, 1.807) is 31.4 Å². The number of hydrogen-bond donors (Lipinski definition) is 0. The molecule has 0 amide bonds. The fourth-order valence-corrected chi connectivity index (χ4v) is 3.44. The zero-order valence-corrected chi connectivity index (χ0v) is 11.9. The van der Waals surface area contributed by atoms with Crippen LogP contribution in [-0.4, -0.2) is 16.3 Å². The van der Waals surface area contributed by atoms with Gasteiger partial charge in [0, 0.05) is 9.79 Å². The molecular formula is C16H16O2S. The summed E-state index contributed by atoms with van der Waals surface area (Å²) in [4.78, 5) is 1.41. The Hall–Kier alpha value is -1.96. The molecule has 0 fully saturated rings. The van der Waals surface area contributed by atoms with Crippen molar-refractivity contribution in [1.29, 1.82) is 0 Å². The van der Waals surface area contributed by atoms with E-state index in [2.05, 4.69) is 11.6 Å². The van der Waals surface area contributed by atoms with Gasteiger partial charge in [-0.2, -0.15) is 0 Å². The number of rotatable bonds is 3. The molecule has 19 heavy (non-hydrogen) atoms. The standard InChI is InChI=1S/C16H16O2S/c1-4-19(17,15-9-5-13(2)6-10-15)16-11-7-14(18-3)8-12-16/h5-12H,1H2,2-3H3. The molecule has 0 spiro atoms. The maximum Gasteiger partial charge on any atom is 0.118 e. The van der Waals surface area contributed by atoms with E-state index >= 15 is 0 Å². The van der Waals surface area contributed by atoms with Crippen molar-refractivity contribution in [3.05, 3.63) is 60.7 Å². The molecule has 1 unspecified atom stereocenters. The molecule has 0 radical (unpaired) electrons. The monoisotopic (exact) mass is 272 g/mol. The van der Waals surface area contributed by atoms with Gasteiger partial charge in [0.2, 0.25) is 0 Å². The molecule has 0 bridgehead atoms. The van der Waals surface area contributed by atoms with Crippen LogP contribution in [0, 0.1) is 6.92 Å². The van der Waals surface area contributed by atoms with Crippen molar-refractivity contribution in [2.24, 2.45) is 0 Å². The summed E-state index contributed by atoms with van der Waals surface area (Å²) in [7, 11) is -0.940. The molecule has 0 heterocycles. The molecule has 0 saturated heterocycles. The van der Waals surface area contributed by atoms with Crippen molar-refractivity contribution in [1.82, 2.24) is 0 Å². The molecule has 2 rings (SSSR count). The highest BCUT2D eigenvalue weighted by Crippen LogP contribution is 2.23. The van der Waals surface area contributed by atoms with Gasteiger partial charge in [-0.15, -0.1) is 0 Å². The quantitative estimate of drug-likeness (QED) is 0.801. The Labute approximate surface area is 114 Å². The summed E-state index contributed by atoms with van der Waals surface area (Å²) >= 11 is 0. The fraction of sp³-hybridized carbons (Fsp3) is 0.125.